The first-order chi connectivity index (χ1) is 8.69. The molecule has 0 fully saturated rings. The van der Waals surface area contributed by atoms with E-state index >= 15 is 0 Å². The number of hydrogen-bond donors (Lipinski definition) is 2. The number of nitriles is 1. The number of benzene rings is 1. The minimum atomic E-state index is -0.372. The molecule has 6 heteroatoms. The number of aromatic nitrogens is 2. The normalized spacial score (nSPS) is 9.61. The Labute approximate surface area is 103 Å². The van der Waals surface area contributed by atoms with Crippen LogP contribution in [0.2, 0.25) is 0 Å². The summed E-state index contributed by atoms with van der Waals surface area (Å²) in [6.07, 6.45) is 1.77. The Balaban J connectivity index is 2.29. The van der Waals surface area contributed by atoms with Crippen LogP contribution in [0.3, 0.4) is 0 Å². The molecule has 1 heterocycles. The molecule has 2 N–H and O–H groups in total. The number of aryl methyl sites for hydroxylation is 1. The topological polar surface area (TPSA) is 73.6 Å². The van der Waals surface area contributed by atoms with E-state index in [-0.39, 0.29) is 5.82 Å². The Hall–Kier alpha value is -2.68. The molecule has 0 aliphatic rings. The highest BCUT2D eigenvalue weighted by Gasteiger charge is 2.04. The molecule has 0 spiro atoms. The molecule has 2 rings (SSSR count). The van der Waals surface area contributed by atoms with Crippen molar-refractivity contribution in [3.63, 3.8) is 0 Å². The van der Waals surface area contributed by atoms with E-state index in [9.17, 15) is 4.39 Å². The van der Waals surface area contributed by atoms with Crippen LogP contribution in [0.1, 0.15) is 5.82 Å². The number of nitrogens with zero attached hydrogens (tertiary/aromatic N) is 3. The molecule has 90 valence electrons. The molecule has 0 atom stereocenters. The standard InChI is InChI=1S/C12H10FN5/c1-8-16-11(15-7-14)6-12(17-8)18-10-5-3-2-4-9(10)13/h2-6H,1H3,(H2,15,16,17,18). The van der Waals surface area contributed by atoms with Gasteiger partial charge in [-0.15, -0.1) is 0 Å². The highest BCUT2D eigenvalue weighted by Crippen LogP contribution is 2.19. The van der Waals surface area contributed by atoms with E-state index in [1.54, 1.807) is 31.3 Å². The van der Waals surface area contributed by atoms with Crippen molar-refractivity contribution in [2.24, 2.45) is 0 Å². The van der Waals surface area contributed by atoms with Crippen LogP contribution in [0.15, 0.2) is 30.3 Å². The predicted molar refractivity (Wildman–Crippen MR) is 65.7 cm³/mol. The summed E-state index contributed by atoms with van der Waals surface area (Å²) in [5.41, 5.74) is 0.318. The summed E-state index contributed by atoms with van der Waals surface area (Å²) in [4.78, 5) is 8.12. The smallest absolute Gasteiger partial charge is 0.182 e. The Kier molecular flexibility index (Phi) is 3.34. The molecule has 0 bridgehead atoms. The number of nitrogens with one attached hydrogen (secondary N) is 2. The van der Waals surface area contributed by atoms with Crippen molar-refractivity contribution >= 4 is 17.3 Å². The quantitative estimate of drug-likeness (QED) is 0.640. The van der Waals surface area contributed by atoms with Gasteiger partial charge in [0.15, 0.2) is 6.19 Å². The molecule has 0 amide bonds. The lowest BCUT2D eigenvalue weighted by Crippen LogP contribution is -2.01. The van der Waals surface area contributed by atoms with Crippen molar-refractivity contribution in [3.8, 4) is 6.19 Å². The molecular weight excluding hydrogens is 233 g/mol. The summed E-state index contributed by atoms with van der Waals surface area (Å²) in [6, 6.07) is 7.81. The number of halogens is 1. The van der Waals surface area contributed by atoms with Crippen LogP contribution >= 0.6 is 0 Å². The fourth-order valence-electron chi connectivity index (χ4n) is 1.45. The monoisotopic (exact) mass is 243 g/mol. The molecule has 18 heavy (non-hydrogen) atoms. The second kappa shape index (κ2) is 5.10. The highest BCUT2D eigenvalue weighted by atomic mass is 19.1. The lowest BCUT2D eigenvalue weighted by molar-refractivity contribution is 0.632. The molecule has 0 aliphatic heterocycles. The average Bonchev–Trinajstić information content (AvgIpc) is 2.32. The van der Waals surface area contributed by atoms with Gasteiger partial charge in [0.2, 0.25) is 0 Å². The maximum atomic E-state index is 13.5. The molecule has 0 saturated heterocycles. The Bertz CT molecular complexity index is 606. The van der Waals surface area contributed by atoms with Crippen molar-refractivity contribution in [1.82, 2.24) is 9.97 Å². The van der Waals surface area contributed by atoms with Gasteiger partial charge < -0.3 is 5.32 Å². The Morgan fingerprint density at radius 2 is 1.94 bits per heavy atom. The van der Waals surface area contributed by atoms with Crippen LogP contribution in [0.5, 0.6) is 0 Å². The second-order valence-electron chi connectivity index (χ2n) is 3.53. The van der Waals surface area contributed by atoms with E-state index in [1.807, 2.05) is 0 Å². The van der Waals surface area contributed by atoms with Crippen LogP contribution in [0.4, 0.5) is 21.7 Å². The fourth-order valence-corrected chi connectivity index (χ4v) is 1.45. The molecular formula is C12H10FN5. The van der Waals surface area contributed by atoms with Gasteiger partial charge in [-0.2, -0.15) is 5.26 Å². The van der Waals surface area contributed by atoms with Gasteiger partial charge >= 0.3 is 0 Å². The van der Waals surface area contributed by atoms with E-state index in [2.05, 4.69) is 20.6 Å². The van der Waals surface area contributed by atoms with Crippen LogP contribution in [0.25, 0.3) is 0 Å². The van der Waals surface area contributed by atoms with Gasteiger partial charge in [-0.3, -0.25) is 5.32 Å². The second-order valence-corrected chi connectivity index (χ2v) is 3.53. The van der Waals surface area contributed by atoms with Gasteiger partial charge in [-0.05, 0) is 19.1 Å². The number of para-hydroxylation sites is 1. The lowest BCUT2D eigenvalue weighted by Gasteiger charge is -2.08. The zero-order chi connectivity index (χ0) is 13.0. The summed E-state index contributed by atoms with van der Waals surface area (Å²) in [7, 11) is 0. The van der Waals surface area contributed by atoms with Crippen molar-refractivity contribution in [2.75, 3.05) is 10.6 Å². The molecule has 0 saturated carbocycles. The number of hydrogen-bond acceptors (Lipinski definition) is 5. The summed E-state index contributed by atoms with van der Waals surface area (Å²) in [5, 5.41) is 13.8. The lowest BCUT2D eigenvalue weighted by atomic mass is 10.3. The highest BCUT2D eigenvalue weighted by molar-refractivity contribution is 5.60. The predicted octanol–water partition coefficient (Wildman–Crippen LogP) is 2.56. The first-order valence-corrected chi connectivity index (χ1v) is 5.21. The largest absolute Gasteiger partial charge is 0.338 e. The maximum absolute atomic E-state index is 13.5. The number of anilines is 3. The molecule has 5 nitrogen and oxygen atoms in total. The van der Waals surface area contributed by atoms with Crippen molar-refractivity contribution in [3.05, 3.63) is 42.0 Å². The van der Waals surface area contributed by atoms with Crippen molar-refractivity contribution in [2.45, 2.75) is 6.92 Å². The van der Waals surface area contributed by atoms with Crippen LogP contribution in [0, 0.1) is 24.2 Å². The SMILES string of the molecule is Cc1nc(NC#N)cc(Nc2ccccc2F)n1. The van der Waals surface area contributed by atoms with Crippen molar-refractivity contribution in [1.29, 1.82) is 5.26 Å². The summed E-state index contributed by atoms with van der Waals surface area (Å²) >= 11 is 0. The summed E-state index contributed by atoms with van der Waals surface area (Å²) < 4.78 is 13.5. The Morgan fingerprint density at radius 3 is 2.67 bits per heavy atom. The summed E-state index contributed by atoms with van der Waals surface area (Å²) in [6.45, 7) is 1.69. The molecule has 0 radical (unpaired) electrons. The van der Waals surface area contributed by atoms with Crippen LogP contribution < -0.4 is 10.6 Å². The Morgan fingerprint density at radius 1 is 1.22 bits per heavy atom. The molecule has 2 aromatic rings. The first-order valence-electron chi connectivity index (χ1n) is 5.21. The van der Waals surface area contributed by atoms with E-state index in [1.165, 1.54) is 12.1 Å². The van der Waals surface area contributed by atoms with Crippen molar-refractivity contribution < 1.29 is 4.39 Å². The minimum Gasteiger partial charge on any atom is -0.338 e. The van der Waals surface area contributed by atoms with Gasteiger partial charge in [-0.25, -0.2) is 14.4 Å². The van der Waals surface area contributed by atoms with Gasteiger partial charge in [0.05, 0.1) is 5.69 Å². The number of rotatable bonds is 3. The maximum Gasteiger partial charge on any atom is 0.182 e. The van der Waals surface area contributed by atoms with Crippen LogP contribution in [-0.4, -0.2) is 9.97 Å². The van der Waals surface area contributed by atoms with Gasteiger partial charge in [0, 0.05) is 6.07 Å². The third kappa shape index (κ3) is 2.71. The van der Waals surface area contributed by atoms with E-state index in [0.29, 0.717) is 23.1 Å². The third-order valence-electron chi connectivity index (χ3n) is 2.16. The van der Waals surface area contributed by atoms with Crippen LogP contribution in [-0.2, 0) is 0 Å². The molecule has 0 unspecified atom stereocenters. The third-order valence-corrected chi connectivity index (χ3v) is 2.16. The van der Waals surface area contributed by atoms with E-state index in [4.69, 9.17) is 5.26 Å². The minimum absolute atomic E-state index is 0.318. The zero-order valence-electron chi connectivity index (χ0n) is 9.61. The molecule has 1 aromatic carbocycles. The van der Waals surface area contributed by atoms with Gasteiger partial charge in [0.25, 0.3) is 0 Å². The van der Waals surface area contributed by atoms with E-state index < -0.39 is 0 Å². The van der Waals surface area contributed by atoms with Gasteiger partial charge in [0.1, 0.15) is 23.3 Å². The first kappa shape index (κ1) is 11.8. The summed E-state index contributed by atoms with van der Waals surface area (Å²) in [5.74, 6) is 0.895. The van der Waals surface area contributed by atoms with E-state index in [0.717, 1.165) is 0 Å². The fraction of sp³-hybridized carbons (Fsp3) is 0.0833. The molecule has 1 aromatic heterocycles. The average molecular weight is 243 g/mol. The molecule has 0 aliphatic carbocycles. The van der Waals surface area contributed by atoms with Gasteiger partial charge in [-0.1, -0.05) is 12.1 Å². The zero-order valence-corrected chi connectivity index (χ0v) is 9.61.